The fourth-order valence-electron chi connectivity index (χ4n) is 4.45. The van der Waals surface area contributed by atoms with Gasteiger partial charge in [-0.3, -0.25) is 4.79 Å². The summed E-state index contributed by atoms with van der Waals surface area (Å²) in [7, 11) is 2.04. The average molecular weight is 495 g/mol. The molecular weight excluding hydrogens is 452 g/mol. The minimum Gasteiger partial charge on any atom is -0.490 e. The molecule has 0 saturated carbocycles. The van der Waals surface area contributed by atoms with Crippen LogP contribution in [0, 0.1) is 5.92 Å². The van der Waals surface area contributed by atoms with E-state index < -0.39 is 5.97 Å². The Bertz CT molecular complexity index is 985. The van der Waals surface area contributed by atoms with Crippen LogP contribution in [0.15, 0.2) is 66.0 Å². The van der Waals surface area contributed by atoms with E-state index in [1.54, 1.807) is 6.07 Å². The molecule has 1 aromatic rings. The number of ether oxygens (including phenoxy) is 1. The van der Waals surface area contributed by atoms with E-state index in [1.165, 1.54) is 30.9 Å². The Kier molecular flexibility index (Phi) is 12.6. The van der Waals surface area contributed by atoms with Crippen molar-refractivity contribution in [1.29, 1.82) is 0 Å². The van der Waals surface area contributed by atoms with Crippen molar-refractivity contribution < 1.29 is 19.4 Å². The largest absolute Gasteiger partial charge is 0.490 e. The number of allylic oxidation sites excluding steroid dienone is 4. The van der Waals surface area contributed by atoms with Crippen LogP contribution in [0.25, 0.3) is 0 Å². The summed E-state index contributed by atoms with van der Waals surface area (Å²) in [5.41, 5.74) is 3.75. The van der Waals surface area contributed by atoms with E-state index in [4.69, 9.17) is 4.74 Å². The maximum absolute atomic E-state index is 11.7. The third-order valence-corrected chi connectivity index (χ3v) is 6.21. The van der Waals surface area contributed by atoms with Gasteiger partial charge in [-0.25, -0.2) is 4.79 Å². The number of carbonyl (C=O) groups excluding carboxylic acids is 1. The van der Waals surface area contributed by atoms with E-state index in [1.807, 2.05) is 43.5 Å². The van der Waals surface area contributed by atoms with E-state index in [-0.39, 0.29) is 5.91 Å². The lowest BCUT2D eigenvalue weighted by molar-refractivity contribution is -0.118. The van der Waals surface area contributed by atoms with Gasteiger partial charge in [0.15, 0.2) is 0 Å². The van der Waals surface area contributed by atoms with Crippen molar-refractivity contribution >= 4 is 17.6 Å². The monoisotopic (exact) mass is 494 g/mol. The summed E-state index contributed by atoms with van der Waals surface area (Å²) in [6.07, 6.45) is 18.3. The Balaban J connectivity index is 2.10. The quantitative estimate of drug-likeness (QED) is 0.290. The molecule has 0 saturated heterocycles. The maximum atomic E-state index is 11.7. The zero-order valence-corrected chi connectivity index (χ0v) is 22.3. The molecule has 0 aliphatic heterocycles. The average Bonchev–Trinajstić information content (AvgIpc) is 3.06. The topological polar surface area (TPSA) is 78.9 Å². The van der Waals surface area contributed by atoms with Crippen molar-refractivity contribution in [3.05, 3.63) is 77.1 Å². The summed E-state index contributed by atoms with van der Waals surface area (Å²) in [6.45, 7) is 7.57. The van der Waals surface area contributed by atoms with E-state index >= 15 is 0 Å². The molecule has 0 atom stereocenters. The minimum absolute atomic E-state index is 0.0545. The van der Waals surface area contributed by atoms with Gasteiger partial charge in [-0.15, -0.1) is 0 Å². The predicted molar refractivity (Wildman–Crippen MR) is 147 cm³/mol. The first kappa shape index (κ1) is 29.0. The number of benzene rings is 1. The summed E-state index contributed by atoms with van der Waals surface area (Å²) in [5, 5.41) is 12.3. The van der Waals surface area contributed by atoms with Crippen LogP contribution in [0.4, 0.5) is 5.69 Å². The van der Waals surface area contributed by atoms with Crippen molar-refractivity contribution in [2.24, 2.45) is 5.92 Å². The van der Waals surface area contributed by atoms with Crippen LogP contribution in [-0.2, 0) is 16.0 Å². The molecule has 0 fully saturated rings. The molecule has 0 radical (unpaired) electrons. The summed E-state index contributed by atoms with van der Waals surface area (Å²) >= 11 is 0. The van der Waals surface area contributed by atoms with Gasteiger partial charge in [0, 0.05) is 32.7 Å². The Morgan fingerprint density at radius 1 is 1.17 bits per heavy atom. The van der Waals surface area contributed by atoms with E-state index in [9.17, 15) is 14.7 Å². The predicted octanol–water partition coefficient (Wildman–Crippen LogP) is 6.06. The van der Waals surface area contributed by atoms with Crippen molar-refractivity contribution in [3.63, 3.8) is 0 Å². The summed E-state index contributed by atoms with van der Waals surface area (Å²) < 4.78 is 5.81. The smallest absolute Gasteiger partial charge is 0.335 e. The zero-order valence-electron chi connectivity index (χ0n) is 22.3. The molecule has 0 heterocycles. The Labute approximate surface area is 216 Å². The fourth-order valence-corrected chi connectivity index (χ4v) is 4.45. The van der Waals surface area contributed by atoms with Crippen LogP contribution in [0.3, 0.4) is 0 Å². The Morgan fingerprint density at radius 2 is 1.92 bits per heavy atom. The lowest BCUT2D eigenvalue weighted by Gasteiger charge is -2.26. The van der Waals surface area contributed by atoms with E-state index in [2.05, 4.69) is 36.2 Å². The number of carboxylic acids is 1. The van der Waals surface area contributed by atoms with Gasteiger partial charge in [0.2, 0.25) is 5.91 Å². The highest BCUT2D eigenvalue weighted by atomic mass is 16.5. The second-order valence-electron chi connectivity index (χ2n) is 9.37. The van der Waals surface area contributed by atoms with E-state index in [0.29, 0.717) is 31.2 Å². The van der Waals surface area contributed by atoms with Crippen LogP contribution in [-0.4, -0.2) is 43.7 Å². The number of carbonyl (C=O) groups is 2. The molecule has 6 nitrogen and oxygen atoms in total. The Morgan fingerprint density at radius 3 is 2.58 bits per heavy atom. The minimum atomic E-state index is -0.901. The summed E-state index contributed by atoms with van der Waals surface area (Å²) in [6, 6.07) is 5.55. The molecular formula is C30H42N2O4. The number of nitrogens with zero attached hydrogens (tertiary/aromatic N) is 1. The van der Waals surface area contributed by atoms with Gasteiger partial charge in [0.05, 0.1) is 5.56 Å². The number of anilines is 1. The van der Waals surface area contributed by atoms with Gasteiger partial charge in [-0.1, -0.05) is 63.8 Å². The number of carboxylic acid groups (broad SMARTS) is 1. The zero-order chi connectivity index (χ0) is 26.3. The summed E-state index contributed by atoms with van der Waals surface area (Å²) in [4.78, 5) is 24.7. The third kappa shape index (κ3) is 10.1. The van der Waals surface area contributed by atoms with Gasteiger partial charge >= 0.3 is 5.97 Å². The first-order valence-corrected chi connectivity index (χ1v) is 13.0. The molecule has 1 aromatic carbocycles. The molecule has 36 heavy (non-hydrogen) atoms. The number of hydrogen-bond acceptors (Lipinski definition) is 4. The summed E-state index contributed by atoms with van der Waals surface area (Å²) in [5.74, 6) is 0.439. The number of likely N-dealkylation sites (N-methyl/N-ethyl adjacent to an activating group) is 1. The van der Waals surface area contributed by atoms with Crippen LogP contribution < -0.4 is 10.2 Å². The molecule has 6 heteroatoms. The van der Waals surface area contributed by atoms with Crippen LogP contribution in [0.1, 0.15) is 68.8 Å². The number of amides is 1. The molecule has 0 bridgehead atoms. The normalized spacial score (nSPS) is 13.4. The third-order valence-electron chi connectivity index (χ3n) is 6.21. The second kappa shape index (κ2) is 15.7. The van der Waals surface area contributed by atoms with Gasteiger partial charge in [-0.05, 0) is 60.3 Å². The Hall–Kier alpha value is -3.28. The molecule has 196 valence electrons. The fraction of sp³-hybridized carbons (Fsp3) is 0.467. The van der Waals surface area contributed by atoms with Gasteiger partial charge < -0.3 is 20.1 Å². The SMILES string of the molecule is CCCC(CCC)Cc1ccc(C(=O)O)cc1N(C)CC1=CC=C(OC/C=C/CNC(C)=O)C=CC1. The van der Waals surface area contributed by atoms with Crippen molar-refractivity contribution in [1.82, 2.24) is 5.32 Å². The van der Waals surface area contributed by atoms with Gasteiger partial charge in [0.25, 0.3) is 0 Å². The van der Waals surface area contributed by atoms with Crippen molar-refractivity contribution in [2.75, 3.05) is 31.6 Å². The lowest BCUT2D eigenvalue weighted by Crippen LogP contribution is -2.22. The van der Waals surface area contributed by atoms with Gasteiger partial charge in [0.1, 0.15) is 12.4 Å². The molecule has 1 amide bonds. The molecule has 0 aromatic heterocycles. The number of rotatable bonds is 15. The van der Waals surface area contributed by atoms with Crippen LogP contribution in [0.2, 0.25) is 0 Å². The second-order valence-corrected chi connectivity index (χ2v) is 9.37. The molecule has 0 unspecified atom stereocenters. The number of hydrogen-bond donors (Lipinski definition) is 2. The maximum Gasteiger partial charge on any atom is 0.335 e. The van der Waals surface area contributed by atoms with Gasteiger partial charge in [-0.2, -0.15) is 0 Å². The molecule has 0 spiro atoms. The van der Waals surface area contributed by atoms with Crippen LogP contribution in [0.5, 0.6) is 0 Å². The highest BCUT2D eigenvalue weighted by Crippen LogP contribution is 2.29. The highest BCUT2D eigenvalue weighted by molar-refractivity contribution is 5.89. The number of nitrogens with one attached hydrogen (secondary N) is 1. The number of aromatic carboxylic acids is 1. The van der Waals surface area contributed by atoms with Crippen LogP contribution >= 0.6 is 0 Å². The van der Waals surface area contributed by atoms with Crippen molar-refractivity contribution in [3.8, 4) is 0 Å². The van der Waals surface area contributed by atoms with E-state index in [0.717, 1.165) is 37.1 Å². The molecule has 2 rings (SSSR count). The lowest BCUT2D eigenvalue weighted by atomic mass is 9.89. The first-order valence-electron chi connectivity index (χ1n) is 13.0. The molecule has 1 aliphatic carbocycles. The highest BCUT2D eigenvalue weighted by Gasteiger charge is 2.17. The molecule has 1 aliphatic rings. The standard InChI is InChI=1S/C30H42N2O4/c1-5-10-24(11-6-2)20-26-15-16-27(30(34)35)21-29(26)32(4)22-25-12-9-13-28(17-14-25)36-19-8-7-18-31-23(3)33/h7-9,13-17,21,24H,5-6,10-12,18-20,22H2,1-4H3,(H,31,33)(H,34,35)/b8-7+. The van der Waals surface area contributed by atoms with Crippen molar-refractivity contribution in [2.45, 2.75) is 59.3 Å². The first-order chi connectivity index (χ1) is 17.3. The molecule has 2 N–H and O–H groups in total.